The van der Waals surface area contributed by atoms with Crippen LogP contribution in [-0.2, 0) is 16.6 Å². The van der Waals surface area contributed by atoms with Crippen molar-refractivity contribution in [1.29, 1.82) is 0 Å². The number of benzene rings is 2. The molecule has 0 aliphatic rings. The van der Waals surface area contributed by atoms with Crippen LogP contribution in [-0.4, -0.2) is 25.2 Å². The molecule has 124 valence electrons. The number of anilines is 1. The Morgan fingerprint density at radius 2 is 1.88 bits per heavy atom. The summed E-state index contributed by atoms with van der Waals surface area (Å²) in [6.45, 7) is 0.638. The van der Waals surface area contributed by atoms with Gasteiger partial charge in [-0.15, -0.1) is 0 Å². The molecule has 0 spiro atoms. The average Bonchev–Trinajstić information content (AvgIpc) is 3.10. The van der Waals surface area contributed by atoms with Crippen molar-refractivity contribution in [2.45, 2.75) is 11.4 Å². The van der Waals surface area contributed by atoms with Crippen molar-refractivity contribution >= 4 is 15.7 Å². The molecule has 0 radical (unpaired) electrons. The quantitative estimate of drug-likeness (QED) is 0.721. The van der Waals surface area contributed by atoms with E-state index in [1.807, 2.05) is 25.2 Å². The fourth-order valence-corrected chi connectivity index (χ4v) is 3.48. The Morgan fingerprint density at radius 3 is 2.54 bits per heavy atom. The third-order valence-corrected chi connectivity index (χ3v) is 4.87. The van der Waals surface area contributed by atoms with E-state index in [-0.39, 0.29) is 4.90 Å². The van der Waals surface area contributed by atoms with Crippen LogP contribution in [0.5, 0.6) is 0 Å². The van der Waals surface area contributed by atoms with Crippen LogP contribution in [0.15, 0.2) is 71.9 Å². The first-order valence-electron chi connectivity index (χ1n) is 7.45. The van der Waals surface area contributed by atoms with Gasteiger partial charge >= 0.3 is 0 Å². The summed E-state index contributed by atoms with van der Waals surface area (Å²) >= 11 is 0. The van der Waals surface area contributed by atoms with Crippen molar-refractivity contribution in [3.8, 4) is 5.69 Å². The predicted octanol–water partition coefficient (Wildman–Crippen LogP) is 2.39. The number of sulfonamides is 1. The maximum absolute atomic E-state index is 12.6. The molecule has 3 aromatic rings. The Morgan fingerprint density at radius 1 is 1.08 bits per heavy atom. The van der Waals surface area contributed by atoms with E-state index in [0.29, 0.717) is 17.9 Å². The molecule has 2 N–H and O–H groups in total. The highest BCUT2D eigenvalue weighted by atomic mass is 32.2. The van der Waals surface area contributed by atoms with E-state index < -0.39 is 10.0 Å². The van der Waals surface area contributed by atoms with E-state index in [2.05, 4.69) is 15.1 Å². The third-order valence-electron chi connectivity index (χ3n) is 3.49. The lowest BCUT2D eigenvalue weighted by atomic mass is 10.1. The molecule has 0 saturated heterocycles. The van der Waals surface area contributed by atoms with Gasteiger partial charge in [-0.05, 0) is 42.9 Å². The minimum Gasteiger partial charge on any atom is -0.316 e. The maximum Gasteiger partial charge on any atom is 0.261 e. The molecule has 0 fully saturated rings. The van der Waals surface area contributed by atoms with E-state index in [1.54, 1.807) is 53.5 Å². The lowest BCUT2D eigenvalue weighted by Gasteiger charge is -2.14. The van der Waals surface area contributed by atoms with Gasteiger partial charge in [0.15, 0.2) is 0 Å². The molecule has 1 aromatic heterocycles. The Hall–Kier alpha value is -2.64. The molecule has 24 heavy (non-hydrogen) atoms. The molecular formula is C17H18N4O2S. The second kappa shape index (κ2) is 6.86. The predicted molar refractivity (Wildman–Crippen MR) is 93.6 cm³/mol. The normalized spacial score (nSPS) is 11.4. The van der Waals surface area contributed by atoms with Gasteiger partial charge in [0.25, 0.3) is 10.0 Å². The standard InChI is InChI=1S/C17H18N4O2S/c1-18-13-14-8-9-17(21-11-5-10-19-21)16(12-14)20-24(22,23)15-6-3-2-4-7-15/h2-12,18,20H,13H2,1H3. The van der Waals surface area contributed by atoms with Gasteiger partial charge in [0.05, 0.1) is 16.3 Å². The van der Waals surface area contributed by atoms with Gasteiger partial charge in [-0.1, -0.05) is 24.3 Å². The topological polar surface area (TPSA) is 76.0 Å². The molecular weight excluding hydrogens is 324 g/mol. The highest BCUT2D eigenvalue weighted by molar-refractivity contribution is 7.92. The van der Waals surface area contributed by atoms with E-state index in [1.165, 1.54) is 0 Å². The van der Waals surface area contributed by atoms with Crippen molar-refractivity contribution in [2.24, 2.45) is 0 Å². The molecule has 1 heterocycles. The van der Waals surface area contributed by atoms with E-state index in [0.717, 1.165) is 5.56 Å². The molecule has 0 aliphatic carbocycles. The molecule has 0 bridgehead atoms. The van der Waals surface area contributed by atoms with Gasteiger partial charge in [-0.25, -0.2) is 13.1 Å². The second-order valence-corrected chi connectivity index (χ2v) is 6.93. The first kappa shape index (κ1) is 16.2. The molecule has 3 rings (SSSR count). The van der Waals surface area contributed by atoms with Crippen LogP contribution in [0.1, 0.15) is 5.56 Å². The molecule has 0 amide bonds. The van der Waals surface area contributed by atoms with Gasteiger partial charge < -0.3 is 5.32 Å². The number of aromatic nitrogens is 2. The average molecular weight is 342 g/mol. The highest BCUT2D eigenvalue weighted by Gasteiger charge is 2.17. The summed E-state index contributed by atoms with van der Waals surface area (Å²) in [5.41, 5.74) is 2.12. The van der Waals surface area contributed by atoms with Crippen LogP contribution in [0, 0.1) is 0 Å². The van der Waals surface area contributed by atoms with E-state index in [9.17, 15) is 8.42 Å². The van der Waals surface area contributed by atoms with Crippen molar-refractivity contribution < 1.29 is 8.42 Å². The van der Waals surface area contributed by atoms with Crippen molar-refractivity contribution in [3.05, 3.63) is 72.6 Å². The highest BCUT2D eigenvalue weighted by Crippen LogP contribution is 2.24. The first-order chi connectivity index (χ1) is 11.6. The SMILES string of the molecule is CNCc1ccc(-n2cccn2)c(NS(=O)(=O)c2ccccc2)c1. The number of hydrogen-bond donors (Lipinski definition) is 2. The zero-order valence-corrected chi connectivity index (χ0v) is 14.0. The van der Waals surface area contributed by atoms with Gasteiger partial charge in [-0.2, -0.15) is 5.10 Å². The first-order valence-corrected chi connectivity index (χ1v) is 8.94. The Balaban J connectivity index is 2.03. The van der Waals surface area contributed by atoms with E-state index in [4.69, 9.17) is 0 Å². The zero-order chi connectivity index (χ0) is 17.0. The molecule has 0 unspecified atom stereocenters. The third kappa shape index (κ3) is 3.47. The summed E-state index contributed by atoms with van der Waals surface area (Å²) in [5, 5.41) is 7.25. The van der Waals surface area contributed by atoms with E-state index >= 15 is 0 Å². The summed E-state index contributed by atoms with van der Waals surface area (Å²) in [6.07, 6.45) is 3.42. The smallest absolute Gasteiger partial charge is 0.261 e. The Kier molecular flexibility index (Phi) is 4.64. The minimum atomic E-state index is -3.67. The molecule has 6 nitrogen and oxygen atoms in total. The molecule has 7 heteroatoms. The number of hydrogen-bond acceptors (Lipinski definition) is 4. The largest absolute Gasteiger partial charge is 0.316 e. The molecule has 2 aromatic carbocycles. The van der Waals surface area contributed by atoms with Gasteiger partial charge in [-0.3, -0.25) is 4.72 Å². The fourth-order valence-electron chi connectivity index (χ4n) is 2.39. The van der Waals surface area contributed by atoms with Gasteiger partial charge in [0.1, 0.15) is 0 Å². The summed E-state index contributed by atoms with van der Waals surface area (Å²) in [5.74, 6) is 0. The number of nitrogens with zero attached hydrogens (tertiary/aromatic N) is 2. The molecule has 0 saturated carbocycles. The van der Waals surface area contributed by atoms with Crippen molar-refractivity contribution in [2.75, 3.05) is 11.8 Å². The van der Waals surface area contributed by atoms with Crippen LogP contribution in [0.25, 0.3) is 5.69 Å². The monoisotopic (exact) mass is 342 g/mol. The summed E-state index contributed by atoms with van der Waals surface area (Å²) in [4.78, 5) is 0.218. The fraction of sp³-hybridized carbons (Fsp3) is 0.118. The minimum absolute atomic E-state index is 0.218. The lowest BCUT2D eigenvalue weighted by molar-refractivity contribution is 0.601. The van der Waals surface area contributed by atoms with Gasteiger partial charge in [0.2, 0.25) is 0 Å². The number of rotatable bonds is 6. The van der Waals surface area contributed by atoms with Gasteiger partial charge in [0, 0.05) is 18.9 Å². The maximum atomic E-state index is 12.6. The lowest BCUT2D eigenvalue weighted by Crippen LogP contribution is -2.15. The van der Waals surface area contributed by atoms with Crippen LogP contribution in [0.3, 0.4) is 0 Å². The Bertz CT molecular complexity index is 907. The number of nitrogens with one attached hydrogen (secondary N) is 2. The van der Waals surface area contributed by atoms with Crippen LogP contribution in [0.2, 0.25) is 0 Å². The molecule has 0 aliphatic heterocycles. The Labute approximate surface area is 141 Å². The van der Waals surface area contributed by atoms with Crippen molar-refractivity contribution in [1.82, 2.24) is 15.1 Å². The van der Waals surface area contributed by atoms with Crippen LogP contribution in [0.4, 0.5) is 5.69 Å². The second-order valence-electron chi connectivity index (χ2n) is 5.25. The molecule has 0 atom stereocenters. The summed E-state index contributed by atoms with van der Waals surface area (Å²) in [6, 6.07) is 15.7. The van der Waals surface area contributed by atoms with Crippen LogP contribution < -0.4 is 10.0 Å². The van der Waals surface area contributed by atoms with Crippen molar-refractivity contribution in [3.63, 3.8) is 0 Å². The summed E-state index contributed by atoms with van der Waals surface area (Å²) < 4.78 is 29.6. The zero-order valence-electron chi connectivity index (χ0n) is 13.2. The summed E-state index contributed by atoms with van der Waals surface area (Å²) in [7, 11) is -1.83. The van der Waals surface area contributed by atoms with Crippen LogP contribution >= 0.6 is 0 Å².